The molecule has 1 aliphatic rings. The first kappa shape index (κ1) is 21.7. The largest absolute Gasteiger partial charge is 0.457 e. The summed E-state index contributed by atoms with van der Waals surface area (Å²) in [6, 6.07) is 15.1. The summed E-state index contributed by atoms with van der Waals surface area (Å²) < 4.78 is 7.71. The molecule has 1 saturated heterocycles. The van der Waals surface area contributed by atoms with Crippen LogP contribution in [0.25, 0.3) is 21.9 Å². The lowest BCUT2D eigenvalue weighted by Crippen LogP contribution is -2.25. The minimum absolute atomic E-state index is 0.0860. The molecule has 5 aromatic rings. The summed E-state index contributed by atoms with van der Waals surface area (Å²) in [4.78, 5) is 27.4. The van der Waals surface area contributed by atoms with Gasteiger partial charge in [-0.3, -0.25) is 9.69 Å². The summed E-state index contributed by atoms with van der Waals surface area (Å²) in [6.07, 6.45) is 3.14. The number of fused-ring (bicyclic) bond motifs is 2. The molecular formula is C26H22N8O2. The van der Waals surface area contributed by atoms with Crippen molar-refractivity contribution in [2.45, 2.75) is 6.92 Å². The van der Waals surface area contributed by atoms with Gasteiger partial charge in [0.2, 0.25) is 0 Å². The normalized spacial score (nSPS) is 15.7. The fraction of sp³-hybridized carbons (Fsp3) is 0.154. The topological polar surface area (TPSA) is 111 Å². The second-order valence-corrected chi connectivity index (χ2v) is 8.74. The van der Waals surface area contributed by atoms with Crippen molar-refractivity contribution in [3.05, 3.63) is 73.2 Å². The molecule has 3 aromatic heterocycles. The number of nitrogens with zero attached hydrogens (tertiary/aromatic N) is 7. The Hall–Kier alpha value is -4.86. The van der Waals surface area contributed by atoms with Crippen LogP contribution in [0, 0.1) is 5.92 Å². The molecule has 2 aromatic carbocycles. The molecule has 10 nitrogen and oxygen atoms in total. The highest BCUT2D eigenvalue weighted by Gasteiger charge is 2.32. The SMILES string of the molecule is C=C1C(=O)N(c2cc3c(Nc4ccc(Oc5ccc6c(c5)nnn6C)cc4)ncnc3cn2)CC1C. The van der Waals surface area contributed by atoms with Crippen LogP contribution in [0.2, 0.25) is 0 Å². The summed E-state index contributed by atoms with van der Waals surface area (Å²) in [5.74, 6) is 2.52. The van der Waals surface area contributed by atoms with Crippen LogP contribution in [0.5, 0.6) is 11.5 Å². The number of pyridine rings is 1. The first-order chi connectivity index (χ1) is 17.5. The van der Waals surface area contributed by atoms with Crippen LogP contribution < -0.4 is 15.0 Å². The fourth-order valence-electron chi connectivity index (χ4n) is 4.21. The fourth-order valence-corrected chi connectivity index (χ4v) is 4.21. The van der Waals surface area contributed by atoms with E-state index in [1.807, 2.05) is 62.5 Å². The van der Waals surface area contributed by atoms with Crippen molar-refractivity contribution >= 4 is 45.2 Å². The number of anilines is 3. The maximum Gasteiger partial charge on any atom is 0.255 e. The van der Waals surface area contributed by atoms with E-state index in [9.17, 15) is 4.79 Å². The van der Waals surface area contributed by atoms with Crippen LogP contribution in [-0.4, -0.2) is 42.4 Å². The van der Waals surface area contributed by atoms with E-state index in [1.165, 1.54) is 6.33 Å². The van der Waals surface area contributed by atoms with Crippen molar-refractivity contribution < 1.29 is 9.53 Å². The van der Waals surface area contributed by atoms with E-state index in [4.69, 9.17) is 4.74 Å². The number of aromatic nitrogens is 6. The Labute approximate surface area is 206 Å². The third-order valence-corrected chi connectivity index (χ3v) is 6.29. The monoisotopic (exact) mass is 478 g/mol. The smallest absolute Gasteiger partial charge is 0.255 e. The zero-order valence-corrected chi connectivity index (χ0v) is 19.7. The van der Waals surface area contributed by atoms with E-state index < -0.39 is 0 Å². The Morgan fingerprint density at radius 1 is 1.03 bits per heavy atom. The van der Waals surface area contributed by atoms with Crippen molar-refractivity contribution in [3.63, 3.8) is 0 Å². The molecule has 178 valence electrons. The predicted molar refractivity (Wildman–Crippen MR) is 136 cm³/mol. The van der Waals surface area contributed by atoms with Gasteiger partial charge >= 0.3 is 0 Å². The lowest BCUT2D eigenvalue weighted by atomic mass is 10.1. The number of aryl methyl sites for hydroxylation is 1. The number of rotatable bonds is 5. The van der Waals surface area contributed by atoms with E-state index in [0.29, 0.717) is 40.8 Å². The first-order valence-electron chi connectivity index (χ1n) is 11.4. The number of amides is 1. The number of hydrogen-bond acceptors (Lipinski definition) is 8. The Balaban J connectivity index is 1.23. The average Bonchev–Trinajstić information content (AvgIpc) is 3.39. The van der Waals surface area contributed by atoms with Gasteiger partial charge in [-0.1, -0.05) is 18.7 Å². The lowest BCUT2D eigenvalue weighted by molar-refractivity contribution is -0.114. The molecular weight excluding hydrogens is 456 g/mol. The summed E-state index contributed by atoms with van der Waals surface area (Å²) in [7, 11) is 1.85. The zero-order valence-electron chi connectivity index (χ0n) is 19.7. The molecule has 1 unspecified atom stereocenters. The number of carbonyl (C=O) groups is 1. The summed E-state index contributed by atoms with van der Waals surface area (Å²) in [5, 5.41) is 12.2. The van der Waals surface area contributed by atoms with Crippen molar-refractivity contribution in [1.29, 1.82) is 0 Å². The number of benzene rings is 2. The minimum atomic E-state index is -0.102. The van der Waals surface area contributed by atoms with Gasteiger partial charge in [-0.2, -0.15) is 0 Å². The van der Waals surface area contributed by atoms with E-state index in [-0.39, 0.29) is 11.8 Å². The number of nitrogens with one attached hydrogen (secondary N) is 1. The van der Waals surface area contributed by atoms with Crippen molar-refractivity contribution in [3.8, 4) is 11.5 Å². The van der Waals surface area contributed by atoms with E-state index in [0.717, 1.165) is 22.1 Å². The van der Waals surface area contributed by atoms with Gasteiger partial charge < -0.3 is 10.1 Å². The quantitative estimate of drug-likeness (QED) is 0.371. The maximum atomic E-state index is 12.6. The summed E-state index contributed by atoms with van der Waals surface area (Å²) in [5.41, 5.74) is 3.80. The summed E-state index contributed by atoms with van der Waals surface area (Å²) >= 11 is 0. The lowest BCUT2D eigenvalue weighted by Gasteiger charge is -2.16. The standard InChI is InChI=1S/C26H22N8O2/c1-15-13-34(26(35)16(15)2)24-11-20-22(12-27-24)28-14-29-25(20)30-17-4-6-18(7-5-17)36-19-8-9-23-21(10-19)31-32-33(23)3/h4-12,14-15H,2,13H2,1,3H3,(H,28,29,30). The molecule has 4 heterocycles. The minimum Gasteiger partial charge on any atom is -0.457 e. The number of hydrogen-bond donors (Lipinski definition) is 1. The molecule has 1 N–H and O–H groups in total. The van der Waals surface area contributed by atoms with Crippen LogP contribution >= 0.6 is 0 Å². The molecule has 0 saturated carbocycles. The summed E-state index contributed by atoms with van der Waals surface area (Å²) in [6.45, 7) is 6.44. The molecule has 10 heteroatoms. The molecule has 1 amide bonds. The molecule has 0 aliphatic carbocycles. The Kier molecular flexibility index (Phi) is 5.06. The van der Waals surface area contributed by atoms with Crippen LogP contribution in [-0.2, 0) is 11.8 Å². The zero-order chi connectivity index (χ0) is 24.8. The molecule has 1 fully saturated rings. The molecule has 1 atom stereocenters. The highest BCUT2D eigenvalue weighted by atomic mass is 16.5. The van der Waals surface area contributed by atoms with Gasteiger partial charge in [0.05, 0.1) is 17.2 Å². The van der Waals surface area contributed by atoms with E-state index >= 15 is 0 Å². The Bertz CT molecular complexity index is 1640. The Morgan fingerprint density at radius 3 is 2.61 bits per heavy atom. The number of carbonyl (C=O) groups excluding carboxylic acids is 1. The molecule has 1 aliphatic heterocycles. The van der Waals surface area contributed by atoms with E-state index in [2.05, 4.69) is 37.2 Å². The van der Waals surface area contributed by atoms with Crippen LogP contribution in [0.4, 0.5) is 17.3 Å². The van der Waals surface area contributed by atoms with Crippen molar-refractivity contribution in [2.75, 3.05) is 16.8 Å². The third-order valence-electron chi connectivity index (χ3n) is 6.29. The van der Waals surface area contributed by atoms with Crippen LogP contribution in [0.3, 0.4) is 0 Å². The Morgan fingerprint density at radius 2 is 1.83 bits per heavy atom. The maximum absolute atomic E-state index is 12.6. The van der Waals surface area contributed by atoms with Crippen LogP contribution in [0.1, 0.15) is 6.92 Å². The van der Waals surface area contributed by atoms with Crippen LogP contribution in [0.15, 0.2) is 73.2 Å². The highest BCUT2D eigenvalue weighted by molar-refractivity contribution is 6.08. The van der Waals surface area contributed by atoms with Gasteiger partial charge in [0.15, 0.2) is 0 Å². The molecule has 0 bridgehead atoms. The third kappa shape index (κ3) is 3.78. The van der Waals surface area contributed by atoms with Crippen molar-refractivity contribution in [2.24, 2.45) is 13.0 Å². The second-order valence-electron chi connectivity index (χ2n) is 8.74. The van der Waals surface area contributed by atoms with Gasteiger partial charge in [0.25, 0.3) is 5.91 Å². The van der Waals surface area contributed by atoms with Gasteiger partial charge in [-0.05, 0) is 42.5 Å². The molecule has 6 rings (SSSR count). The predicted octanol–water partition coefficient (Wildman–Crippen LogP) is 4.38. The van der Waals surface area contributed by atoms with Gasteiger partial charge in [-0.15, -0.1) is 5.10 Å². The molecule has 0 radical (unpaired) electrons. The van der Waals surface area contributed by atoms with E-state index in [1.54, 1.807) is 15.8 Å². The average molecular weight is 479 g/mol. The molecule has 0 spiro atoms. The second kappa shape index (κ2) is 8.42. The van der Waals surface area contributed by atoms with Crippen molar-refractivity contribution in [1.82, 2.24) is 29.9 Å². The van der Waals surface area contributed by atoms with Gasteiger partial charge in [-0.25, -0.2) is 19.6 Å². The molecule has 36 heavy (non-hydrogen) atoms. The van der Waals surface area contributed by atoms with Gasteiger partial charge in [0, 0.05) is 42.2 Å². The van der Waals surface area contributed by atoms with Gasteiger partial charge in [0.1, 0.15) is 35.0 Å². The highest BCUT2D eigenvalue weighted by Crippen LogP contribution is 2.31. The first-order valence-corrected chi connectivity index (χ1v) is 11.4. The number of ether oxygens (including phenoxy) is 1.